The Morgan fingerprint density at radius 2 is 1.92 bits per heavy atom. The molecule has 2 aromatic carbocycles. The second-order valence-electron chi connectivity index (χ2n) is 5.68. The third-order valence-corrected chi connectivity index (χ3v) is 5.15. The Labute approximate surface area is 141 Å². The summed E-state index contributed by atoms with van der Waals surface area (Å²) >= 11 is 0. The lowest BCUT2D eigenvalue weighted by molar-refractivity contribution is -0.120. The van der Waals surface area contributed by atoms with E-state index in [4.69, 9.17) is 4.74 Å². The molecule has 2 aromatic rings. The highest BCUT2D eigenvalue weighted by atomic mass is 32.2. The van der Waals surface area contributed by atoms with Gasteiger partial charge >= 0.3 is 0 Å². The van der Waals surface area contributed by atoms with Crippen LogP contribution in [0.25, 0.3) is 0 Å². The Hall–Kier alpha value is -2.54. The van der Waals surface area contributed by atoms with Gasteiger partial charge in [0.1, 0.15) is 11.4 Å². The molecule has 126 valence electrons. The molecule has 1 amide bonds. The molecule has 0 saturated carbocycles. The number of sulfonamides is 1. The number of nitrogens with zero attached hydrogens (tertiary/aromatic N) is 1. The SMILES string of the molecule is Cc1ccccc1CS(=O)(=O)Nc1cccc2c1N(C)C(=O)CO2. The minimum absolute atomic E-state index is 0.0527. The number of nitrogens with one attached hydrogen (secondary N) is 1. The quantitative estimate of drug-likeness (QED) is 0.922. The number of para-hydroxylation sites is 1. The summed E-state index contributed by atoms with van der Waals surface area (Å²) < 4.78 is 33.0. The lowest BCUT2D eigenvalue weighted by Crippen LogP contribution is -2.36. The number of fused-ring (bicyclic) bond motifs is 1. The van der Waals surface area contributed by atoms with Gasteiger partial charge in [-0.05, 0) is 30.2 Å². The van der Waals surface area contributed by atoms with Gasteiger partial charge in [-0.15, -0.1) is 0 Å². The van der Waals surface area contributed by atoms with Gasteiger partial charge in [-0.2, -0.15) is 0 Å². The molecule has 6 nitrogen and oxygen atoms in total. The normalized spacial score (nSPS) is 14.1. The first-order valence-corrected chi connectivity index (χ1v) is 9.10. The molecule has 0 aliphatic carbocycles. The van der Waals surface area contributed by atoms with Crippen molar-refractivity contribution in [3.05, 3.63) is 53.6 Å². The van der Waals surface area contributed by atoms with Crippen LogP contribution in [0, 0.1) is 6.92 Å². The van der Waals surface area contributed by atoms with Gasteiger partial charge in [0, 0.05) is 7.05 Å². The molecular weight excluding hydrogens is 328 g/mol. The minimum Gasteiger partial charge on any atom is -0.481 e. The van der Waals surface area contributed by atoms with E-state index in [-0.39, 0.29) is 18.3 Å². The number of aryl methyl sites for hydroxylation is 1. The first kappa shape index (κ1) is 16.3. The second kappa shape index (κ2) is 6.16. The number of carbonyl (C=O) groups is 1. The predicted molar refractivity (Wildman–Crippen MR) is 92.8 cm³/mol. The first-order valence-electron chi connectivity index (χ1n) is 7.45. The Morgan fingerprint density at radius 3 is 2.67 bits per heavy atom. The number of likely N-dealkylation sites (N-methyl/N-ethyl adjacent to an activating group) is 1. The van der Waals surface area contributed by atoms with Crippen molar-refractivity contribution in [2.75, 3.05) is 23.3 Å². The number of hydrogen-bond donors (Lipinski definition) is 1. The molecule has 0 atom stereocenters. The summed E-state index contributed by atoms with van der Waals surface area (Å²) in [7, 11) is -2.03. The molecule has 0 radical (unpaired) electrons. The third kappa shape index (κ3) is 3.21. The largest absolute Gasteiger partial charge is 0.481 e. The highest BCUT2D eigenvalue weighted by Crippen LogP contribution is 2.38. The van der Waals surface area contributed by atoms with Crippen molar-refractivity contribution in [3.63, 3.8) is 0 Å². The molecule has 1 aliphatic heterocycles. The summed E-state index contributed by atoms with van der Waals surface area (Å²) in [6, 6.07) is 12.3. The molecule has 1 N–H and O–H groups in total. The van der Waals surface area contributed by atoms with Gasteiger partial charge in [-0.3, -0.25) is 9.52 Å². The van der Waals surface area contributed by atoms with Gasteiger partial charge in [0.05, 0.1) is 11.4 Å². The second-order valence-corrected chi connectivity index (χ2v) is 7.40. The van der Waals surface area contributed by atoms with Crippen LogP contribution >= 0.6 is 0 Å². The summed E-state index contributed by atoms with van der Waals surface area (Å²) in [5.41, 5.74) is 2.41. The van der Waals surface area contributed by atoms with Gasteiger partial charge in [0.25, 0.3) is 5.91 Å². The molecule has 0 saturated heterocycles. The zero-order valence-electron chi connectivity index (χ0n) is 13.4. The molecule has 1 heterocycles. The van der Waals surface area contributed by atoms with Gasteiger partial charge in [0.2, 0.25) is 10.0 Å². The molecule has 3 rings (SSSR count). The van der Waals surface area contributed by atoms with Crippen LogP contribution in [0.4, 0.5) is 11.4 Å². The van der Waals surface area contributed by atoms with Crippen molar-refractivity contribution in [3.8, 4) is 5.75 Å². The van der Waals surface area contributed by atoms with E-state index in [0.29, 0.717) is 17.1 Å². The zero-order chi connectivity index (χ0) is 17.3. The molecule has 0 spiro atoms. The maximum absolute atomic E-state index is 12.5. The van der Waals surface area contributed by atoms with Crippen molar-refractivity contribution < 1.29 is 17.9 Å². The fourth-order valence-electron chi connectivity index (χ4n) is 2.61. The van der Waals surface area contributed by atoms with Crippen LogP contribution in [0.1, 0.15) is 11.1 Å². The molecule has 24 heavy (non-hydrogen) atoms. The van der Waals surface area contributed by atoms with E-state index in [2.05, 4.69) is 4.72 Å². The zero-order valence-corrected chi connectivity index (χ0v) is 14.3. The topological polar surface area (TPSA) is 75.7 Å². The number of anilines is 2. The van der Waals surface area contributed by atoms with E-state index < -0.39 is 10.0 Å². The molecule has 7 heteroatoms. The van der Waals surface area contributed by atoms with Crippen molar-refractivity contribution in [1.29, 1.82) is 0 Å². The lowest BCUT2D eigenvalue weighted by Gasteiger charge is -2.28. The Morgan fingerprint density at radius 1 is 1.17 bits per heavy atom. The van der Waals surface area contributed by atoms with E-state index in [1.807, 2.05) is 25.1 Å². The fourth-order valence-corrected chi connectivity index (χ4v) is 3.91. The number of rotatable bonds is 4. The van der Waals surface area contributed by atoms with Gasteiger partial charge in [-0.25, -0.2) is 8.42 Å². The standard InChI is InChI=1S/C17H18N2O4S/c1-12-6-3-4-7-13(12)11-24(21,22)18-14-8-5-9-15-17(14)19(2)16(20)10-23-15/h3-9,18H,10-11H2,1-2H3. The molecule has 0 unspecified atom stereocenters. The van der Waals surface area contributed by atoms with Crippen molar-refractivity contribution in [1.82, 2.24) is 0 Å². The number of carbonyl (C=O) groups excluding carboxylic acids is 1. The fraction of sp³-hybridized carbons (Fsp3) is 0.235. The van der Waals surface area contributed by atoms with Gasteiger partial charge in [0.15, 0.2) is 6.61 Å². The average molecular weight is 346 g/mol. The molecule has 0 bridgehead atoms. The van der Waals surface area contributed by atoms with Crippen LogP contribution in [0.2, 0.25) is 0 Å². The lowest BCUT2D eigenvalue weighted by atomic mass is 10.1. The van der Waals surface area contributed by atoms with E-state index in [9.17, 15) is 13.2 Å². The van der Waals surface area contributed by atoms with E-state index in [0.717, 1.165) is 11.1 Å². The predicted octanol–water partition coefficient (Wildman–Crippen LogP) is 2.29. The number of ether oxygens (including phenoxy) is 1. The van der Waals surface area contributed by atoms with Crippen LogP contribution in [-0.2, 0) is 20.6 Å². The highest BCUT2D eigenvalue weighted by Gasteiger charge is 2.26. The van der Waals surface area contributed by atoms with Crippen LogP contribution in [0.3, 0.4) is 0 Å². The Bertz CT molecular complexity index is 893. The van der Waals surface area contributed by atoms with Gasteiger partial charge < -0.3 is 9.64 Å². The smallest absolute Gasteiger partial charge is 0.264 e. The molecular formula is C17H18N2O4S. The van der Waals surface area contributed by atoms with E-state index in [1.54, 1.807) is 31.3 Å². The van der Waals surface area contributed by atoms with Crippen molar-refractivity contribution in [2.45, 2.75) is 12.7 Å². The maximum atomic E-state index is 12.5. The summed E-state index contributed by atoms with van der Waals surface area (Å²) in [5.74, 6) is 0.114. The number of amides is 1. The minimum atomic E-state index is -3.63. The van der Waals surface area contributed by atoms with E-state index >= 15 is 0 Å². The first-order chi connectivity index (χ1) is 11.4. The average Bonchev–Trinajstić information content (AvgIpc) is 2.53. The van der Waals surface area contributed by atoms with Crippen LogP contribution in [0.15, 0.2) is 42.5 Å². The van der Waals surface area contributed by atoms with E-state index in [1.165, 1.54) is 4.90 Å². The van der Waals surface area contributed by atoms with Crippen molar-refractivity contribution in [2.24, 2.45) is 0 Å². The molecule has 1 aliphatic rings. The highest BCUT2D eigenvalue weighted by molar-refractivity contribution is 7.91. The third-order valence-electron chi connectivity index (χ3n) is 3.93. The number of hydrogen-bond acceptors (Lipinski definition) is 4. The monoisotopic (exact) mass is 346 g/mol. The number of benzene rings is 2. The summed E-state index contributed by atoms with van der Waals surface area (Å²) in [4.78, 5) is 13.2. The molecule has 0 fully saturated rings. The Kier molecular flexibility index (Phi) is 4.19. The molecule has 0 aromatic heterocycles. The van der Waals surface area contributed by atoms with Crippen molar-refractivity contribution >= 4 is 27.3 Å². The maximum Gasteiger partial charge on any atom is 0.264 e. The summed E-state index contributed by atoms with van der Waals surface area (Å²) in [5, 5.41) is 0. The van der Waals surface area contributed by atoms with Gasteiger partial charge in [-0.1, -0.05) is 30.3 Å². The Balaban J connectivity index is 1.91. The van der Waals surface area contributed by atoms with Crippen LogP contribution in [0.5, 0.6) is 5.75 Å². The van der Waals surface area contributed by atoms with Crippen LogP contribution in [-0.4, -0.2) is 28.0 Å². The summed E-state index contributed by atoms with van der Waals surface area (Å²) in [6.45, 7) is 1.82. The van der Waals surface area contributed by atoms with Crippen LogP contribution < -0.4 is 14.4 Å². The summed E-state index contributed by atoms with van der Waals surface area (Å²) in [6.07, 6.45) is 0.